The smallest absolute Gasteiger partial charge is 0.0969 e. The molecular weight excluding hydrogens is 156 g/mol. The van der Waals surface area contributed by atoms with Gasteiger partial charge in [-0.15, -0.1) is 0 Å². The Balaban J connectivity index is 2.66. The zero-order valence-corrected chi connectivity index (χ0v) is 7.43. The second-order valence-electron chi connectivity index (χ2n) is 3.78. The van der Waals surface area contributed by atoms with E-state index >= 15 is 0 Å². The molecule has 0 aromatic heterocycles. The first-order valence-electron chi connectivity index (χ1n) is 4.34. The molecule has 0 saturated heterocycles. The molecule has 2 atom stereocenters. The average Bonchev–Trinajstić information content (AvgIpc) is 2.08. The van der Waals surface area contributed by atoms with Gasteiger partial charge >= 0.3 is 0 Å². The van der Waals surface area contributed by atoms with Crippen LogP contribution in [0.5, 0.6) is 0 Å². The van der Waals surface area contributed by atoms with E-state index < -0.39 is 0 Å². The molecule has 12 heavy (non-hydrogen) atoms. The maximum Gasteiger partial charge on any atom is 0.0969 e. The Kier molecular flexibility index (Phi) is 2.89. The van der Waals surface area contributed by atoms with Gasteiger partial charge < -0.3 is 0 Å². The van der Waals surface area contributed by atoms with E-state index in [1.807, 2.05) is 13.8 Å². The van der Waals surface area contributed by atoms with Crippen LogP contribution in [0.25, 0.3) is 0 Å². The molecule has 4 heteroatoms. The summed E-state index contributed by atoms with van der Waals surface area (Å²) in [6.45, 7) is 3.91. The van der Waals surface area contributed by atoms with Crippen LogP contribution >= 0.6 is 0 Å². The highest BCUT2D eigenvalue weighted by molar-refractivity contribution is 4.90. The topological polar surface area (TPSA) is 58.9 Å². The second kappa shape index (κ2) is 3.74. The molecule has 4 nitrogen and oxygen atoms in total. The van der Waals surface area contributed by atoms with Crippen LogP contribution in [0, 0.1) is 21.6 Å². The molecule has 68 valence electrons. The van der Waals surface area contributed by atoms with Crippen molar-refractivity contribution in [3.05, 3.63) is 9.81 Å². The van der Waals surface area contributed by atoms with Gasteiger partial charge in [0.2, 0.25) is 0 Å². The molecule has 1 saturated carbocycles. The molecule has 0 spiro atoms. The molecule has 0 bridgehead atoms. The van der Waals surface area contributed by atoms with Crippen LogP contribution in [0.1, 0.15) is 26.7 Å². The molecule has 0 heterocycles. The molecule has 0 aromatic rings. The Labute approximate surface area is 71.7 Å². The third-order valence-corrected chi connectivity index (χ3v) is 2.77. The van der Waals surface area contributed by atoms with E-state index in [0.29, 0.717) is 5.92 Å². The van der Waals surface area contributed by atoms with Crippen LogP contribution in [0.15, 0.2) is 10.4 Å². The lowest BCUT2D eigenvalue weighted by Crippen LogP contribution is -2.35. The molecule has 1 aliphatic rings. The molecule has 0 N–H and O–H groups in total. The summed E-state index contributed by atoms with van der Waals surface area (Å²) in [5, 5.41) is 6.06. The van der Waals surface area contributed by atoms with E-state index in [2.05, 4.69) is 10.4 Å². The Hall–Kier alpha value is -0.800. The van der Waals surface area contributed by atoms with Crippen LogP contribution in [0.4, 0.5) is 0 Å². The number of hydrogen-bond donors (Lipinski definition) is 0. The van der Waals surface area contributed by atoms with E-state index in [-0.39, 0.29) is 18.0 Å². The minimum Gasteiger partial charge on any atom is -0.151 e. The van der Waals surface area contributed by atoms with Crippen molar-refractivity contribution in [2.75, 3.05) is 0 Å². The summed E-state index contributed by atoms with van der Waals surface area (Å²) >= 11 is 0. The van der Waals surface area contributed by atoms with E-state index in [1.165, 1.54) is 0 Å². The average molecular weight is 170 g/mol. The summed E-state index contributed by atoms with van der Waals surface area (Å²) < 4.78 is 0. The van der Waals surface area contributed by atoms with Gasteiger partial charge in [-0.25, -0.2) is 0 Å². The lowest BCUT2D eigenvalue weighted by atomic mass is 9.77. The maximum atomic E-state index is 10.4. The molecule has 0 radical (unpaired) electrons. The first-order chi connectivity index (χ1) is 5.69. The Morgan fingerprint density at radius 1 is 1.00 bits per heavy atom. The molecule has 2 unspecified atom stereocenters. The first kappa shape index (κ1) is 9.29. The van der Waals surface area contributed by atoms with Crippen LogP contribution < -0.4 is 0 Å². The fraction of sp³-hybridized carbons (Fsp3) is 1.00. The molecule has 0 aromatic carbocycles. The predicted octanol–water partition coefficient (Wildman–Crippen LogP) is 2.32. The monoisotopic (exact) mass is 170 g/mol. The Bertz CT molecular complexity index is 166. The van der Waals surface area contributed by atoms with E-state index in [1.54, 1.807) is 0 Å². The van der Waals surface area contributed by atoms with Gasteiger partial charge in [0.25, 0.3) is 0 Å². The van der Waals surface area contributed by atoms with Crippen molar-refractivity contribution >= 4 is 0 Å². The molecule has 1 aliphatic carbocycles. The first-order valence-corrected chi connectivity index (χ1v) is 4.34. The normalized spacial score (nSPS) is 42.2. The van der Waals surface area contributed by atoms with Gasteiger partial charge in [0.15, 0.2) is 0 Å². The second-order valence-corrected chi connectivity index (χ2v) is 3.78. The number of nitroso groups, excluding NO2 is 2. The lowest BCUT2D eigenvalue weighted by Gasteiger charge is -2.31. The molecular formula is C8H14N2O2. The van der Waals surface area contributed by atoms with Crippen molar-refractivity contribution in [1.82, 2.24) is 0 Å². The molecule has 0 amide bonds. The summed E-state index contributed by atoms with van der Waals surface area (Å²) in [7, 11) is 0. The van der Waals surface area contributed by atoms with E-state index in [4.69, 9.17) is 0 Å². The summed E-state index contributed by atoms with van der Waals surface area (Å²) in [5.41, 5.74) is 0. The predicted molar refractivity (Wildman–Crippen MR) is 46.7 cm³/mol. The molecule has 0 aliphatic heterocycles. The third kappa shape index (κ3) is 1.68. The van der Waals surface area contributed by atoms with E-state index in [9.17, 15) is 9.81 Å². The summed E-state index contributed by atoms with van der Waals surface area (Å²) in [4.78, 5) is 20.8. The fourth-order valence-corrected chi connectivity index (χ4v) is 1.88. The van der Waals surface area contributed by atoms with Gasteiger partial charge in [0, 0.05) is 5.92 Å². The zero-order valence-electron chi connectivity index (χ0n) is 7.43. The summed E-state index contributed by atoms with van der Waals surface area (Å²) in [6.07, 6.45) is 1.60. The third-order valence-electron chi connectivity index (χ3n) is 2.77. The minimum absolute atomic E-state index is 0.0243. The van der Waals surface area contributed by atoms with Crippen molar-refractivity contribution in [2.45, 2.75) is 38.8 Å². The quantitative estimate of drug-likeness (QED) is 0.597. The van der Waals surface area contributed by atoms with Crippen molar-refractivity contribution in [3.8, 4) is 0 Å². The van der Waals surface area contributed by atoms with Crippen molar-refractivity contribution in [2.24, 2.45) is 22.2 Å². The van der Waals surface area contributed by atoms with Crippen molar-refractivity contribution in [3.63, 3.8) is 0 Å². The van der Waals surface area contributed by atoms with Crippen molar-refractivity contribution < 1.29 is 0 Å². The standard InChI is InChI=1S/C8H14N2O2/c1-5-3-7(9-11)6(2)8(4-5)10-12/h5-8H,3-4H2,1-2H3. The highest BCUT2D eigenvalue weighted by Crippen LogP contribution is 2.32. The fourth-order valence-electron chi connectivity index (χ4n) is 1.88. The highest BCUT2D eigenvalue weighted by Gasteiger charge is 2.35. The maximum absolute atomic E-state index is 10.4. The number of nitrogens with zero attached hydrogens (tertiary/aromatic N) is 2. The lowest BCUT2D eigenvalue weighted by molar-refractivity contribution is 0.231. The van der Waals surface area contributed by atoms with Gasteiger partial charge in [-0.1, -0.05) is 24.2 Å². The SMILES string of the molecule is CC1CC(N=O)C(C)C(N=O)C1. The summed E-state index contributed by atoms with van der Waals surface area (Å²) in [5.74, 6) is 0.419. The highest BCUT2D eigenvalue weighted by atomic mass is 16.3. The van der Waals surface area contributed by atoms with Crippen LogP contribution in [0.3, 0.4) is 0 Å². The van der Waals surface area contributed by atoms with Crippen LogP contribution in [-0.4, -0.2) is 12.1 Å². The largest absolute Gasteiger partial charge is 0.151 e. The molecule has 1 fully saturated rings. The minimum atomic E-state index is -0.212. The zero-order chi connectivity index (χ0) is 9.14. The molecule has 1 rings (SSSR count). The van der Waals surface area contributed by atoms with Crippen LogP contribution in [0.2, 0.25) is 0 Å². The van der Waals surface area contributed by atoms with Gasteiger partial charge in [-0.2, -0.15) is 9.81 Å². The van der Waals surface area contributed by atoms with Gasteiger partial charge in [0.1, 0.15) is 0 Å². The van der Waals surface area contributed by atoms with Gasteiger partial charge in [-0.3, -0.25) is 0 Å². The Morgan fingerprint density at radius 3 is 1.75 bits per heavy atom. The van der Waals surface area contributed by atoms with Gasteiger partial charge in [0.05, 0.1) is 12.1 Å². The Morgan fingerprint density at radius 2 is 1.42 bits per heavy atom. The van der Waals surface area contributed by atoms with Crippen molar-refractivity contribution in [1.29, 1.82) is 0 Å². The number of rotatable bonds is 2. The van der Waals surface area contributed by atoms with Crippen LogP contribution in [-0.2, 0) is 0 Å². The number of hydrogen-bond acceptors (Lipinski definition) is 4. The van der Waals surface area contributed by atoms with Gasteiger partial charge in [-0.05, 0) is 18.8 Å². The van der Waals surface area contributed by atoms with E-state index in [0.717, 1.165) is 12.8 Å². The summed E-state index contributed by atoms with van der Waals surface area (Å²) in [6, 6.07) is -0.423.